The van der Waals surface area contributed by atoms with Crippen molar-refractivity contribution in [1.29, 1.82) is 0 Å². The summed E-state index contributed by atoms with van der Waals surface area (Å²) in [6, 6.07) is 11.9. The summed E-state index contributed by atoms with van der Waals surface area (Å²) in [7, 11) is 1.55. The fourth-order valence-electron chi connectivity index (χ4n) is 2.28. The van der Waals surface area contributed by atoms with E-state index in [0.29, 0.717) is 29.4 Å². The van der Waals surface area contributed by atoms with Crippen LogP contribution in [-0.4, -0.2) is 26.3 Å². The molecule has 3 N–H and O–H groups in total. The van der Waals surface area contributed by atoms with Gasteiger partial charge in [-0.05, 0) is 30.7 Å². The summed E-state index contributed by atoms with van der Waals surface area (Å²) in [6.45, 7) is -0.443. The Hall–Kier alpha value is -3.03. The van der Waals surface area contributed by atoms with Crippen molar-refractivity contribution < 1.29 is 23.0 Å². The van der Waals surface area contributed by atoms with Crippen LogP contribution in [0, 0.1) is 0 Å². The third kappa shape index (κ3) is 6.32. The highest BCUT2D eigenvalue weighted by molar-refractivity contribution is 5.93. The monoisotopic (exact) mass is 379 g/mol. The number of nitrogens with one attached hydrogen (secondary N) is 1. The molecule has 0 bridgehead atoms. The summed E-state index contributed by atoms with van der Waals surface area (Å²) in [6.07, 6.45) is 0.808. The lowest BCUT2D eigenvalue weighted by molar-refractivity contribution is -0.0505. The molecule has 0 spiro atoms. The standard InChI is InChI=1S/C19H23F2N3O3/c1-3-10-26-14-9-8-13(17(11-14)27-18(20)21)12-23-19(22)24-15-6-4-5-7-16(15)25-2/h4-9,11,18H,3,10,12H2,1-2H3,(H3,22,23,24). The van der Waals surface area contributed by atoms with Crippen LogP contribution in [0.25, 0.3) is 0 Å². The first-order chi connectivity index (χ1) is 13.0. The molecule has 2 aromatic carbocycles. The SMILES string of the molecule is CCCOc1ccc(CN=C(N)Nc2ccccc2OC)c(OC(F)F)c1. The molecule has 6 nitrogen and oxygen atoms in total. The average Bonchev–Trinajstić information content (AvgIpc) is 2.65. The molecule has 0 aliphatic carbocycles. The highest BCUT2D eigenvalue weighted by atomic mass is 19.3. The molecule has 0 fully saturated rings. The maximum atomic E-state index is 12.7. The number of ether oxygens (including phenoxy) is 3. The van der Waals surface area contributed by atoms with E-state index in [1.54, 1.807) is 31.4 Å². The van der Waals surface area contributed by atoms with E-state index in [4.69, 9.17) is 15.2 Å². The van der Waals surface area contributed by atoms with E-state index in [-0.39, 0.29) is 18.3 Å². The minimum atomic E-state index is -2.95. The fourth-order valence-corrected chi connectivity index (χ4v) is 2.28. The Morgan fingerprint density at radius 3 is 2.67 bits per heavy atom. The number of methoxy groups -OCH3 is 1. The Morgan fingerprint density at radius 2 is 1.96 bits per heavy atom. The predicted molar refractivity (Wildman–Crippen MR) is 101 cm³/mol. The maximum Gasteiger partial charge on any atom is 0.387 e. The lowest BCUT2D eigenvalue weighted by Gasteiger charge is -2.13. The second kappa shape index (κ2) is 10.2. The number of hydrogen-bond acceptors (Lipinski definition) is 4. The van der Waals surface area contributed by atoms with Crippen molar-refractivity contribution in [3.63, 3.8) is 0 Å². The molecule has 0 aliphatic heterocycles. The Bertz CT molecular complexity index is 770. The molecule has 0 radical (unpaired) electrons. The van der Waals surface area contributed by atoms with E-state index in [9.17, 15) is 8.78 Å². The zero-order valence-electron chi connectivity index (χ0n) is 15.2. The van der Waals surface area contributed by atoms with Crippen molar-refractivity contribution in [3.05, 3.63) is 48.0 Å². The third-order valence-corrected chi connectivity index (χ3v) is 3.52. The molecule has 27 heavy (non-hydrogen) atoms. The summed E-state index contributed by atoms with van der Waals surface area (Å²) < 4.78 is 40.7. The van der Waals surface area contributed by atoms with E-state index in [2.05, 4.69) is 15.0 Å². The first-order valence-electron chi connectivity index (χ1n) is 8.44. The number of nitrogens with zero attached hydrogens (tertiary/aromatic N) is 1. The number of rotatable bonds is 9. The molecule has 0 amide bonds. The van der Waals surface area contributed by atoms with Gasteiger partial charge in [0, 0.05) is 11.6 Å². The minimum absolute atomic E-state index is 0.00689. The number of halogens is 2. The highest BCUT2D eigenvalue weighted by Crippen LogP contribution is 2.28. The van der Waals surface area contributed by atoms with Crippen LogP contribution in [0.4, 0.5) is 14.5 Å². The second-order valence-corrected chi connectivity index (χ2v) is 5.52. The van der Waals surface area contributed by atoms with E-state index in [1.165, 1.54) is 6.07 Å². The number of anilines is 1. The van der Waals surface area contributed by atoms with E-state index >= 15 is 0 Å². The van der Waals surface area contributed by atoms with Gasteiger partial charge in [-0.25, -0.2) is 4.99 Å². The average molecular weight is 379 g/mol. The topological polar surface area (TPSA) is 78.1 Å². The van der Waals surface area contributed by atoms with Crippen molar-refractivity contribution >= 4 is 11.6 Å². The van der Waals surface area contributed by atoms with E-state index in [0.717, 1.165) is 6.42 Å². The quantitative estimate of drug-likeness (QED) is 0.508. The number of benzene rings is 2. The molecule has 0 saturated heterocycles. The minimum Gasteiger partial charge on any atom is -0.495 e. The summed E-state index contributed by atoms with van der Waals surface area (Å²) in [5.41, 5.74) is 7.00. The van der Waals surface area contributed by atoms with Crippen LogP contribution in [0.3, 0.4) is 0 Å². The Morgan fingerprint density at radius 1 is 1.19 bits per heavy atom. The highest BCUT2D eigenvalue weighted by Gasteiger charge is 2.12. The van der Waals surface area contributed by atoms with Gasteiger partial charge in [0.1, 0.15) is 17.2 Å². The van der Waals surface area contributed by atoms with Crippen molar-refractivity contribution in [3.8, 4) is 17.2 Å². The molecule has 0 unspecified atom stereocenters. The maximum absolute atomic E-state index is 12.7. The van der Waals surface area contributed by atoms with Crippen LogP contribution >= 0.6 is 0 Å². The second-order valence-electron chi connectivity index (χ2n) is 5.52. The van der Waals surface area contributed by atoms with E-state index < -0.39 is 6.61 Å². The molecule has 146 valence electrons. The van der Waals surface area contributed by atoms with Crippen molar-refractivity contribution in [2.75, 3.05) is 19.0 Å². The molecule has 0 aliphatic rings. The zero-order chi connectivity index (χ0) is 19.6. The summed E-state index contributed by atoms with van der Waals surface area (Å²) in [5.74, 6) is 1.19. The number of hydrogen-bond donors (Lipinski definition) is 2. The third-order valence-electron chi connectivity index (χ3n) is 3.52. The molecule has 2 rings (SSSR count). The van der Waals surface area contributed by atoms with E-state index in [1.807, 2.05) is 19.1 Å². The van der Waals surface area contributed by atoms with Gasteiger partial charge < -0.3 is 25.3 Å². The van der Waals surface area contributed by atoms with Crippen molar-refractivity contribution in [1.82, 2.24) is 0 Å². The van der Waals surface area contributed by atoms with Gasteiger partial charge in [0.15, 0.2) is 5.96 Å². The van der Waals surface area contributed by atoms with Gasteiger partial charge in [0.2, 0.25) is 0 Å². The molecule has 2 aromatic rings. The first-order valence-corrected chi connectivity index (χ1v) is 8.44. The van der Waals surface area contributed by atoms with Gasteiger partial charge in [-0.15, -0.1) is 0 Å². The number of guanidine groups is 1. The van der Waals surface area contributed by atoms with Crippen LogP contribution in [0.2, 0.25) is 0 Å². The Kier molecular flexibility index (Phi) is 7.66. The van der Waals surface area contributed by atoms with Gasteiger partial charge in [-0.2, -0.15) is 8.78 Å². The lowest BCUT2D eigenvalue weighted by Crippen LogP contribution is -2.23. The number of nitrogens with two attached hydrogens (primary N) is 1. The number of para-hydroxylation sites is 2. The van der Waals surface area contributed by atoms with Crippen LogP contribution in [0.5, 0.6) is 17.2 Å². The number of alkyl halides is 2. The molecule has 0 heterocycles. The lowest BCUT2D eigenvalue weighted by atomic mass is 10.2. The van der Waals surface area contributed by atoms with Gasteiger partial charge in [0.05, 0.1) is 25.9 Å². The van der Waals surface area contributed by atoms with Crippen LogP contribution in [-0.2, 0) is 6.54 Å². The molecule has 0 saturated carbocycles. The van der Waals surface area contributed by atoms with Crippen LogP contribution in [0.15, 0.2) is 47.5 Å². The fraction of sp³-hybridized carbons (Fsp3) is 0.316. The van der Waals surface area contributed by atoms with Crippen LogP contribution < -0.4 is 25.3 Å². The van der Waals surface area contributed by atoms with Gasteiger partial charge in [-0.3, -0.25) is 0 Å². The van der Waals surface area contributed by atoms with Crippen molar-refractivity contribution in [2.45, 2.75) is 26.5 Å². The summed E-state index contributed by atoms with van der Waals surface area (Å²) in [4.78, 5) is 4.19. The molecule has 0 atom stereocenters. The molecule has 8 heteroatoms. The Balaban J connectivity index is 2.13. The summed E-state index contributed by atoms with van der Waals surface area (Å²) in [5, 5.41) is 2.92. The van der Waals surface area contributed by atoms with Crippen LogP contribution in [0.1, 0.15) is 18.9 Å². The smallest absolute Gasteiger partial charge is 0.387 e. The molecule has 0 aromatic heterocycles. The molecular weight excluding hydrogens is 356 g/mol. The van der Waals surface area contributed by atoms with Crippen molar-refractivity contribution in [2.24, 2.45) is 10.7 Å². The zero-order valence-corrected chi connectivity index (χ0v) is 15.2. The summed E-state index contributed by atoms with van der Waals surface area (Å²) >= 11 is 0. The number of aliphatic imine (C=N–C) groups is 1. The molecular formula is C19H23F2N3O3. The van der Waals surface area contributed by atoms with Gasteiger partial charge in [0.25, 0.3) is 0 Å². The van der Waals surface area contributed by atoms with Gasteiger partial charge >= 0.3 is 6.61 Å². The van der Waals surface area contributed by atoms with Gasteiger partial charge in [-0.1, -0.05) is 19.1 Å². The first kappa shape index (κ1) is 20.3. The largest absolute Gasteiger partial charge is 0.495 e. The Labute approximate surface area is 156 Å². The normalized spacial score (nSPS) is 11.4. The predicted octanol–water partition coefficient (Wildman–Crippen LogP) is 4.01.